The molecule has 4 rings (SSSR count). The molecule has 0 unspecified atom stereocenters. The van der Waals surface area contributed by atoms with Crippen LogP contribution in [0.4, 0.5) is 27.9 Å². The molecule has 0 aliphatic carbocycles. The number of para-hydroxylation sites is 2. The molecule has 1 aromatic heterocycles. The quantitative estimate of drug-likeness (QED) is 0.168. The third kappa shape index (κ3) is 9.32. The third-order valence-electron chi connectivity index (χ3n) is 5.33. The Hall–Kier alpha value is -5.18. The van der Waals surface area contributed by atoms with Crippen molar-refractivity contribution in [3.8, 4) is 0 Å². The van der Waals surface area contributed by atoms with Gasteiger partial charge >= 0.3 is 6.16 Å². The number of allylic oxidation sites excluding steroid dienone is 1. The van der Waals surface area contributed by atoms with E-state index in [2.05, 4.69) is 25.3 Å². The van der Waals surface area contributed by atoms with E-state index in [9.17, 15) is 4.79 Å². The number of aromatic nitrogens is 2. The molecular weight excluding hydrogens is 494 g/mol. The van der Waals surface area contributed by atoms with E-state index in [1.165, 1.54) is 0 Å². The maximum absolute atomic E-state index is 13.7. The van der Waals surface area contributed by atoms with Crippen molar-refractivity contribution in [2.75, 3.05) is 24.3 Å². The zero-order valence-corrected chi connectivity index (χ0v) is 21.8. The monoisotopic (exact) mass is 525 g/mol. The number of benzene rings is 3. The molecule has 0 spiro atoms. The van der Waals surface area contributed by atoms with Crippen LogP contribution >= 0.6 is 0 Å². The summed E-state index contributed by atoms with van der Waals surface area (Å²) in [5.74, 6) is 0.707. The van der Waals surface area contributed by atoms with Crippen LogP contribution in [0, 0.1) is 0 Å². The summed E-state index contributed by atoms with van der Waals surface area (Å²) in [4.78, 5) is 33.7. The Balaban J connectivity index is 0.000000771. The van der Waals surface area contributed by atoms with Crippen LogP contribution in [-0.4, -0.2) is 45.7 Å². The van der Waals surface area contributed by atoms with E-state index < -0.39 is 6.16 Å². The minimum Gasteiger partial charge on any atom is -0.450 e. The minimum absolute atomic E-state index is 0.147. The van der Waals surface area contributed by atoms with Gasteiger partial charge in [-0.05, 0) is 36.8 Å². The van der Waals surface area contributed by atoms with E-state index in [-0.39, 0.29) is 5.91 Å². The highest BCUT2D eigenvalue weighted by molar-refractivity contribution is 5.99. The summed E-state index contributed by atoms with van der Waals surface area (Å²) in [6.45, 7) is 2.92. The van der Waals surface area contributed by atoms with Crippen molar-refractivity contribution in [3.05, 3.63) is 120 Å². The molecule has 4 aromatic rings. The Labute approximate surface area is 227 Å². The van der Waals surface area contributed by atoms with Crippen molar-refractivity contribution in [2.24, 2.45) is 0 Å². The maximum atomic E-state index is 13.7. The average Bonchev–Trinajstić information content (AvgIpc) is 2.97. The number of hydrogen-bond donors (Lipinski definition) is 3. The molecule has 0 atom stereocenters. The molecular formula is C30H31N5O4. The van der Waals surface area contributed by atoms with Crippen LogP contribution in [0.5, 0.6) is 0 Å². The van der Waals surface area contributed by atoms with E-state index in [1.807, 2.05) is 110 Å². The largest absolute Gasteiger partial charge is 0.505 e. The number of methoxy groups -OCH3 is 1. The lowest BCUT2D eigenvalue weighted by Gasteiger charge is -2.23. The molecule has 0 radical (unpaired) electrons. The normalized spacial score (nSPS) is 10.2. The molecule has 3 N–H and O–H groups in total. The lowest BCUT2D eigenvalue weighted by Crippen LogP contribution is -2.31. The Kier molecular flexibility index (Phi) is 11.0. The molecule has 9 nitrogen and oxygen atoms in total. The van der Waals surface area contributed by atoms with Crippen LogP contribution in [0.15, 0.2) is 109 Å². The Morgan fingerprint density at radius 3 is 1.97 bits per heavy atom. The number of rotatable bonds is 9. The topological polar surface area (TPSA) is 117 Å². The number of carboxylic acid groups (broad SMARTS) is 1. The van der Waals surface area contributed by atoms with Gasteiger partial charge in [0.15, 0.2) is 0 Å². The highest BCUT2D eigenvalue weighted by atomic mass is 16.6. The van der Waals surface area contributed by atoms with Crippen LogP contribution in [0.2, 0.25) is 0 Å². The van der Waals surface area contributed by atoms with E-state index in [1.54, 1.807) is 11.1 Å². The van der Waals surface area contributed by atoms with Gasteiger partial charge in [-0.25, -0.2) is 9.78 Å². The number of nitrogens with one attached hydrogen (secondary N) is 2. The fraction of sp³-hybridized carbons (Fsp3) is 0.133. The van der Waals surface area contributed by atoms with Gasteiger partial charge < -0.3 is 25.4 Å². The van der Waals surface area contributed by atoms with Crippen molar-refractivity contribution in [2.45, 2.75) is 13.5 Å². The summed E-state index contributed by atoms with van der Waals surface area (Å²) >= 11 is 0. The van der Waals surface area contributed by atoms with E-state index in [0.717, 1.165) is 24.0 Å². The number of carbonyl (C=O) groups is 2. The van der Waals surface area contributed by atoms with Gasteiger partial charge in [0, 0.05) is 30.7 Å². The van der Waals surface area contributed by atoms with Crippen LogP contribution in [0.25, 0.3) is 0 Å². The second-order valence-electron chi connectivity index (χ2n) is 8.15. The number of carbonyl (C=O) groups excluding carboxylic acids is 1. The molecule has 0 bridgehead atoms. The summed E-state index contributed by atoms with van der Waals surface area (Å²) in [6.07, 6.45) is 4.25. The molecule has 0 saturated heterocycles. The summed E-state index contributed by atoms with van der Waals surface area (Å²) < 4.78 is 3.67. The first kappa shape index (κ1) is 28.4. The van der Waals surface area contributed by atoms with Crippen LogP contribution in [0.1, 0.15) is 22.8 Å². The predicted molar refractivity (Wildman–Crippen MR) is 153 cm³/mol. The molecule has 0 saturated carbocycles. The van der Waals surface area contributed by atoms with Crippen molar-refractivity contribution in [1.29, 1.82) is 0 Å². The lowest BCUT2D eigenvalue weighted by atomic mass is 10.2. The number of hydrogen-bond acceptors (Lipinski definition) is 7. The molecule has 200 valence electrons. The molecule has 9 heteroatoms. The maximum Gasteiger partial charge on any atom is 0.505 e. The first-order chi connectivity index (χ1) is 19.0. The fourth-order valence-electron chi connectivity index (χ4n) is 3.43. The lowest BCUT2D eigenvalue weighted by molar-refractivity contribution is 0.0762. The van der Waals surface area contributed by atoms with Crippen molar-refractivity contribution in [1.82, 2.24) is 14.9 Å². The summed E-state index contributed by atoms with van der Waals surface area (Å²) in [7, 11) is 1.10. The van der Waals surface area contributed by atoms with Crippen LogP contribution < -0.4 is 10.6 Å². The van der Waals surface area contributed by atoms with Gasteiger partial charge in [-0.2, -0.15) is 4.98 Å². The van der Waals surface area contributed by atoms with Gasteiger partial charge in [0.25, 0.3) is 5.91 Å². The van der Waals surface area contributed by atoms with Gasteiger partial charge in [-0.1, -0.05) is 78.9 Å². The third-order valence-corrected chi connectivity index (χ3v) is 5.33. The van der Waals surface area contributed by atoms with E-state index >= 15 is 0 Å². The highest BCUT2D eigenvalue weighted by Crippen LogP contribution is 2.23. The molecule has 39 heavy (non-hydrogen) atoms. The average molecular weight is 526 g/mol. The van der Waals surface area contributed by atoms with Gasteiger partial charge in [-0.3, -0.25) is 4.79 Å². The standard InChI is InChI=1S/C28H27N5O.C2H4O3/c1-2-3-19-33(21-22-13-7-4-8-14-22)27(34)25-20-29-28(31-24-17-11-6-12-18-24)32-26(25)30-23-15-9-5-10-16-23;1-5-2(3)4/h2-18,20H,19,21H2,1H3,(H2,29,30,31,32);1H3,(H,3,4)/b3-2+;. The summed E-state index contributed by atoms with van der Waals surface area (Å²) in [5, 5.41) is 14.0. The summed E-state index contributed by atoms with van der Waals surface area (Å²) in [5.41, 5.74) is 3.17. The van der Waals surface area contributed by atoms with Gasteiger partial charge in [0.2, 0.25) is 5.95 Å². The van der Waals surface area contributed by atoms with Crippen molar-refractivity contribution in [3.63, 3.8) is 0 Å². The first-order valence-corrected chi connectivity index (χ1v) is 12.2. The predicted octanol–water partition coefficient (Wildman–Crippen LogP) is 6.49. The zero-order chi connectivity index (χ0) is 27.9. The minimum atomic E-state index is -1.25. The van der Waals surface area contributed by atoms with Crippen LogP contribution in [0.3, 0.4) is 0 Å². The molecule has 3 aromatic carbocycles. The number of amides is 1. The van der Waals surface area contributed by atoms with Gasteiger partial charge in [-0.15, -0.1) is 0 Å². The van der Waals surface area contributed by atoms with Crippen LogP contribution in [-0.2, 0) is 11.3 Å². The number of anilines is 4. The van der Waals surface area contributed by atoms with Crippen molar-refractivity contribution < 1.29 is 19.4 Å². The SMILES string of the molecule is C/C=C/CN(Cc1ccccc1)C(=O)c1cnc(Nc2ccccc2)nc1Nc1ccccc1.COC(=O)O. The van der Waals surface area contributed by atoms with E-state index in [0.29, 0.717) is 30.4 Å². The Morgan fingerprint density at radius 1 is 0.897 bits per heavy atom. The molecule has 0 fully saturated rings. The highest BCUT2D eigenvalue weighted by Gasteiger charge is 2.21. The second kappa shape index (κ2) is 15.2. The molecule has 0 aliphatic heterocycles. The number of ether oxygens (including phenoxy) is 1. The Morgan fingerprint density at radius 2 is 1.44 bits per heavy atom. The fourth-order valence-corrected chi connectivity index (χ4v) is 3.43. The Bertz CT molecular complexity index is 1350. The van der Waals surface area contributed by atoms with Gasteiger partial charge in [0.05, 0.1) is 7.11 Å². The molecule has 1 heterocycles. The second-order valence-corrected chi connectivity index (χ2v) is 8.15. The number of nitrogens with zero attached hydrogens (tertiary/aromatic N) is 3. The van der Waals surface area contributed by atoms with E-state index in [4.69, 9.17) is 9.90 Å². The first-order valence-electron chi connectivity index (χ1n) is 12.2. The molecule has 0 aliphatic rings. The summed E-state index contributed by atoms with van der Waals surface area (Å²) in [6, 6.07) is 29.3. The molecule has 1 amide bonds. The van der Waals surface area contributed by atoms with Crippen molar-refractivity contribution >= 4 is 35.2 Å². The smallest absolute Gasteiger partial charge is 0.450 e. The van der Waals surface area contributed by atoms with Gasteiger partial charge in [0.1, 0.15) is 11.4 Å². The zero-order valence-electron chi connectivity index (χ0n) is 21.8.